The number of hydrogen-bond donors (Lipinski definition) is 2. The van der Waals surface area contributed by atoms with Crippen LogP contribution < -0.4 is 10.1 Å². The molecule has 130 valence electrons. The van der Waals surface area contributed by atoms with Crippen molar-refractivity contribution in [3.63, 3.8) is 0 Å². The fraction of sp³-hybridized carbons (Fsp3) is 0.263. The summed E-state index contributed by atoms with van der Waals surface area (Å²) >= 11 is 1.40. The molecule has 0 radical (unpaired) electrons. The minimum absolute atomic E-state index is 0.169. The van der Waals surface area contributed by atoms with E-state index < -0.39 is 12.0 Å². The fourth-order valence-corrected chi connectivity index (χ4v) is 3.58. The van der Waals surface area contributed by atoms with Gasteiger partial charge in [-0.15, -0.1) is 11.8 Å². The van der Waals surface area contributed by atoms with Gasteiger partial charge in [-0.25, -0.2) is 4.79 Å². The molecule has 1 amide bonds. The lowest BCUT2D eigenvalue weighted by atomic mass is 10.0. The van der Waals surface area contributed by atoms with Crippen LogP contribution in [0.4, 0.5) is 0 Å². The second kappa shape index (κ2) is 7.61. The molecule has 1 atom stereocenters. The summed E-state index contributed by atoms with van der Waals surface area (Å²) in [5.41, 5.74) is 2.63. The van der Waals surface area contributed by atoms with E-state index >= 15 is 0 Å². The van der Waals surface area contributed by atoms with Gasteiger partial charge in [0.2, 0.25) is 5.91 Å². The molecule has 2 aromatic rings. The van der Waals surface area contributed by atoms with Gasteiger partial charge in [0.15, 0.2) is 6.04 Å². The highest BCUT2D eigenvalue weighted by Gasteiger charge is 2.24. The van der Waals surface area contributed by atoms with Gasteiger partial charge in [-0.2, -0.15) is 0 Å². The number of benzene rings is 2. The lowest BCUT2D eigenvalue weighted by Crippen LogP contribution is -2.34. The van der Waals surface area contributed by atoms with Crippen LogP contribution in [0, 0.1) is 6.92 Å². The zero-order valence-electron chi connectivity index (χ0n) is 13.8. The summed E-state index contributed by atoms with van der Waals surface area (Å²) in [5, 5.41) is 12.1. The van der Waals surface area contributed by atoms with Gasteiger partial charge in [0.1, 0.15) is 5.75 Å². The summed E-state index contributed by atoms with van der Waals surface area (Å²) in [6.07, 6.45) is 0.757. The van der Waals surface area contributed by atoms with Gasteiger partial charge in [0.05, 0.1) is 12.4 Å². The molecule has 0 saturated carbocycles. The minimum atomic E-state index is -1.08. The van der Waals surface area contributed by atoms with Gasteiger partial charge in [-0.05, 0) is 41.8 Å². The molecule has 1 heterocycles. The second-order valence-electron chi connectivity index (χ2n) is 5.86. The summed E-state index contributed by atoms with van der Waals surface area (Å²) in [7, 11) is 0. The summed E-state index contributed by atoms with van der Waals surface area (Å²) in [6, 6.07) is 12.0. The van der Waals surface area contributed by atoms with Crippen molar-refractivity contribution in [3.8, 4) is 5.75 Å². The van der Waals surface area contributed by atoms with Gasteiger partial charge in [-0.1, -0.05) is 24.3 Å². The Balaban J connectivity index is 1.66. The number of nitrogens with one attached hydrogen (secondary N) is 1. The Labute approximate surface area is 150 Å². The van der Waals surface area contributed by atoms with Crippen LogP contribution in [0.3, 0.4) is 0 Å². The molecule has 3 rings (SSSR count). The van der Waals surface area contributed by atoms with Crippen LogP contribution in [0.5, 0.6) is 5.75 Å². The SMILES string of the molecule is Cc1ccccc1SCC(=O)NC(C(=O)O)c1ccc2c(c1)CCO2. The van der Waals surface area contributed by atoms with Gasteiger partial charge in [0.25, 0.3) is 0 Å². The number of amides is 1. The average molecular weight is 357 g/mol. The molecule has 0 bridgehead atoms. The van der Waals surface area contributed by atoms with Crippen molar-refractivity contribution in [1.82, 2.24) is 5.32 Å². The largest absolute Gasteiger partial charge is 0.493 e. The highest BCUT2D eigenvalue weighted by atomic mass is 32.2. The van der Waals surface area contributed by atoms with E-state index in [-0.39, 0.29) is 11.7 Å². The fourth-order valence-electron chi connectivity index (χ4n) is 2.74. The Morgan fingerprint density at radius 3 is 2.84 bits per heavy atom. The molecule has 1 aliphatic heterocycles. The quantitative estimate of drug-likeness (QED) is 0.778. The number of aryl methyl sites for hydroxylation is 1. The van der Waals surface area contributed by atoms with Crippen LogP contribution in [0.25, 0.3) is 0 Å². The topological polar surface area (TPSA) is 75.6 Å². The number of carboxylic acids is 1. The normalized spacial score (nSPS) is 13.6. The number of fused-ring (bicyclic) bond motifs is 1. The third-order valence-corrected chi connectivity index (χ3v) is 5.23. The maximum atomic E-state index is 12.2. The number of carboxylic acid groups (broad SMARTS) is 1. The number of aliphatic carboxylic acids is 1. The van der Waals surface area contributed by atoms with Crippen molar-refractivity contribution in [2.24, 2.45) is 0 Å². The molecule has 6 heteroatoms. The Kier molecular flexibility index (Phi) is 5.28. The predicted molar refractivity (Wildman–Crippen MR) is 96.1 cm³/mol. The third-order valence-electron chi connectivity index (χ3n) is 4.05. The highest BCUT2D eigenvalue weighted by Crippen LogP contribution is 2.28. The standard InChI is InChI=1S/C19H19NO4S/c1-12-4-2-3-5-16(12)25-11-17(21)20-18(19(22)23)14-6-7-15-13(10-14)8-9-24-15/h2-7,10,18H,8-9,11H2,1H3,(H,20,21)(H,22,23). The number of carbonyl (C=O) groups excluding carboxylic acids is 1. The molecule has 2 aromatic carbocycles. The van der Waals surface area contributed by atoms with E-state index in [1.807, 2.05) is 31.2 Å². The Morgan fingerprint density at radius 1 is 1.28 bits per heavy atom. The van der Waals surface area contributed by atoms with Gasteiger partial charge >= 0.3 is 5.97 Å². The van der Waals surface area contributed by atoms with E-state index in [9.17, 15) is 14.7 Å². The van der Waals surface area contributed by atoms with Crippen LogP contribution in [0.15, 0.2) is 47.4 Å². The van der Waals surface area contributed by atoms with Crippen LogP contribution >= 0.6 is 11.8 Å². The van der Waals surface area contributed by atoms with Crippen molar-refractivity contribution in [2.45, 2.75) is 24.3 Å². The molecule has 1 aliphatic rings. The number of ether oxygens (including phenoxy) is 1. The van der Waals surface area contributed by atoms with Crippen molar-refractivity contribution in [3.05, 3.63) is 59.2 Å². The van der Waals surface area contributed by atoms with Gasteiger partial charge in [0, 0.05) is 11.3 Å². The number of rotatable bonds is 6. The lowest BCUT2D eigenvalue weighted by molar-refractivity contribution is -0.141. The Morgan fingerprint density at radius 2 is 2.08 bits per heavy atom. The molecular formula is C19H19NO4S. The molecule has 0 fully saturated rings. The monoisotopic (exact) mass is 357 g/mol. The molecule has 5 nitrogen and oxygen atoms in total. The van der Waals surface area contributed by atoms with Crippen molar-refractivity contribution in [2.75, 3.05) is 12.4 Å². The summed E-state index contributed by atoms with van der Waals surface area (Å²) in [5.74, 6) is -0.428. The molecular weight excluding hydrogens is 338 g/mol. The molecule has 0 aromatic heterocycles. The van der Waals surface area contributed by atoms with Gasteiger partial charge in [-0.3, -0.25) is 4.79 Å². The molecule has 2 N–H and O–H groups in total. The summed E-state index contributed by atoms with van der Waals surface area (Å²) in [4.78, 5) is 24.9. The summed E-state index contributed by atoms with van der Waals surface area (Å²) < 4.78 is 5.44. The molecule has 0 aliphatic carbocycles. The van der Waals surface area contributed by atoms with Crippen LogP contribution in [-0.4, -0.2) is 29.3 Å². The maximum absolute atomic E-state index is 12.2. The van der Waals surface area contributed by atoms with E-state index in [0.29, 0.717) is 12.2 Å². The first-order valence-electron chi connectivity index (χ1n) is 8.01. The zero-order valence-corrected chi connectivity index (χ0v) is 14.6. The smallest absolute Gasteiger partial charge is 0.330 e. The number of thioether (sulfide) groups is 1. The van der Waals surface area contributed by atoms with E-state index in [1.54, 1.807) is 18.2 Å². The van der Waals surface area contributed by atoms with Gasteiger partial charge < -0.3 is 15.2 Å². The van der Waals surface area contributed by atoms with Crippen LogP contribution in [0.2, 0.25) is 0 Å². The number of carbonyl (C=O) groups is 2. The van der Waals surface area contributed by atoms with E-state index in [0.717, 1.165) is 28.2 Å². The first kappa shape index (κ1) is 17.4. The van der Waals surface area contributed by atoms with E-state index in [2.05, 4.69) is 5.32 Å². The average Bonchev–Trinajstić information content (AvgIpc) is 3.06. The van der Waals surface area contributed by atoms with Crippen molar-refractivity contribution >= 4 is 23.6 Å². The predicted octanol–water partition coefficient (Wildman–Crippen LogP) is 2.96. The van der Waals surface area contributed by atoms with E-state index in [4.69, 9.17) is 4.74 Å². The lowest BCUT2D eigenvalue weighted by Gasteiger charge is -2.16. The number of hydrogen-bond acceptors (Lipinski definition) is 4. The molecule has 0 spiro atoms. The van der Waals surface area contributed by atoms with Crippen molar-refractivity contribution < 1.29 is 19.4 Å². The highest BCUT2D eigenvalue weighted by molar-refractivity contribution is 8.00. The molecule has 25 heavy (non-hydrogen) atoms. The zero-order chi connectivity index (χ0) is 17.8. The first-order chi connectivity index (χ1) is 12.0. The van der Waals surface area contributed by atoms with Crippen LogP contribution in [0.1, 0.15) is 22.7 Å². The second-order valence-corrected chi connectivity index (χ2v) is 6.88. The summed E-state index contributed by atoms with van der Waals surface area (Å²) in [6.45, 7) is 2.59. The minimum Gasteiger partial charge on any atom is -0.493 e. The van der Waals surface area contributed by atoms with Crippen LogP contribution in [-0.2, 0) is 16.0 Å². The third kappa shape index (κ3) is 4.14. The first-order valence-corrected chi connectivity index (χ1v) is 8.99. The Hall–Kier alpha value is -2.47. The molecule has 1 unspecified atom stereocenters. The Bertz CT molecular complexity index is 806. The maximum Gasteiger partial charge on any atom is 0.330 e. The van der Waals surface area contributed by atoms with Crippen molar-refractivity contribution in [1.29, 1.82) is 0 Å². The van der Waals surface area contributed by atoms with E-state index in [1.165, 1.54) is 11.8 Å². The molecule has 0 saturated heterocycles.